The van der Waals surface area contributed by atoms with Crippen molar-refractivity contribution in [3.8, 4) is 0 Å². The summed E-state index contributed by atoms with van der Waals surface area (Å²) in [6.45, 7) is 37.1. The van der Waals surface area contributed by atoms with Crippen molar-refractivity contribution in [3.63, 3.8) is 0 Å². The van der Waals surface area contributed by atoms with Crippen LogP contribution in [0.5, 0.6) is 0 Å². The highest BCUT2D eigenvalue weighted by atomic mass is 16.2. The fourth-order valence-electron chi connectivity index (χ4n) is 11.1. The molecule has 0 aromatic heterocycles. The molecule has 0 heterocycles. The molecule has 0 fully saturated rings. The van der Waals surface area contributed by atoms with Crippen molar-refractivity contribution in [3.05, 3.63) is 0 Å². The number of hydrogen-bond donors (Lipinski definition) is 6. The first-order valence-electron chi connectivity index (χ1n) is 43.9. The molecule has 0 rings (SSSR count). The summed E-state index contributed by atoms with van der Waals surface area (Å²) in [7, 11) is 3.10. The number of carbonyl (C=O) groups is 19. The number of ketones is 13. The Morgan fingerprint density at radius 1 is 0.235 bits per heavy atom. The van der Waals surface area contributed by atoms with Crippen molar-refractivity contribution in [1.29, 1.82) is 0 Å². The molecule has 0 atom stereocenters. The van der Waals surface area contributed by atoms with Crippen LogP contribution in [0.1, 0.15) is 317 Å². The van der Waals surface area contributed by atoms with Gasteiger partial charge in [-0.25, -0.2) is 0 Å². The normalized spacial score (nSPS) is 10.9. The van der Waals surface area contributed by atoms with Gasteiger partial charge in [0, 0.05) is 180 Å². The zero-order valence-corrected chi connectivity index (χ0v) is 77.2. The maximum Gasteiger partial charge on any atom is 0.222 e. The van der Waals surface area contributed by atoms with Crippen LogP contribution in [0.2, 0.25) is 0 Å². The van der Waals surface area contributed by atoms with Crippen molar-refractivity contribution < 1.29 is 91.1 Å². The standard InChI is InChI=1S/C20H36N2O4.C18H33N3O4.C18H32N2O4.C17H32N2O3.C16H28N2O4/c1-5-17(23)13-22(14-18(24)6-2)15-19(25)11-9-7-8-10-12-20(26)21-16(3)4;1-14(2)13-15(22)7-5-6-8-18(25)21(11-9-16(23)19-3)12-10-17(24)20-4;1-5-15(21)11-20(12-16(22)6-2)13-17(23)9-7-8-10-18(24)19-14(3)4;1-5-15(20)11-19(12-16(21)6-2)13-17(22)9-7-8-10-18-14(3)4;1-5-13(19)9-18(10-14(20)6-2)11-15(21)7-8-16(22)17-12(3)4/h16H,5-15H2,1-4H3,(H,21,26);14H,5-13H2,1-4H3,(H,19,23)(H,20,24);14H,5-13H2,1-4H3,(H,19,24);14,18H,5-13H2,1-4H3;12H,5-11H2,1-4H3,(H,17,22). The van der Waals surface area contributed by atoms with Crippen molar-refractivity contribution >= 4 is 111 Å². The number of nitrogens with one attached hydrogen (secondary N) is 6. The average molecular weight is 1690 g/mol. The maximum absolute atomic E-state index is 12.3. The summed E-state index contributed by atoms with van der Waals surface area (Å²) in [6, 6.07) is 0.803. The molecule has 0 radical (unpaired) electrons. The average Bonchev–Trinajstić information content (AvgIpc) is 0.934. The predicted molar refractivity (Wildman–Crippen MR) is 467 cm³/mol. The third-order valence-electron chi connectivity index (χ3n) is 17.9. The maximum atomic E-state index is 12.3. The van der Waals surface area contributed by atoms with Crippen LogP contribution in [0.15, 0.2) is 0 Å². The van der Waals surface area contributed by atoms with E-state index in [1.807, 2.05) is 55.4 Å². The minimum atomic E-state index is -0.163. The van der Waals surface area contributed by atoms with Crippen molar-refractivity contribution in [1.82, 2.24) is 56.4 Å². The van der Waals surface area contributed by atoms with E-state index in [9.17, 15) is 91.1 Å². The molecule has 0 aliphatic rings. The van der Waals surface area contributed by atoms with Gasteiger partial charge in [0.25, 0.3) is 0 Å². The number of rotatable bonds is 69. The lowest BCUT2D eigenvalue weighted by molar-refractivity contribution is -0.133. The lowest BCUT2D eigenvalue weighted by Crippen LogP contribution is -2.38. The van der Waals surface area contributed by atoms with Gasteiger partial charge in [-0.2, -0.15) is 0 Å². The first-order chi connectivity index (χ1) is 56.0. The summed E-state index contributed by atoms with van der Waals surface area (Å²) in [5.74, 6) is 0.455. The summed E-state index contributed by atoms with van der Waals surface area (Å²) in [5.41, 5.74) is 0. The van der Waals surface area contributed by atoms with Gasteiger partial charge in [0.15, 0.2) is 0 Å². The van der Waals surface area contributed by atoms with Crippen LogP contribution in [0.4, 0.5) is 0 Å². The van der Waals surface area contributed by atoms with Gasteiger partial charge in [-0.15, -0.1) is 0 Å². The fraction of sp³-hybridized carbons (Fsp3) is 0.787. The molecule has 0 aromatic rings. The molecule has 686 valence electrons. The third-order valence-corrected chi connectivity index (χ3v) is 17.9. The second-order valence-electron chi connectivity index (χ2n) is 31.8. The Labute approximate surface area is 714 Å². The number of hydrogen-bond acceptors (Lipinski definition) is 24. The number of unbranched alkanes of at least 4 members (excludes halogenated alkanes) is 6. The minimum absolute atomic E-state index is 0.00107. The Bertz CT molecular complexity index is 2910. The van der Waals surface area contributed by atoms with Gasteiger partial charge in [-0.3, -0.25) is 111 Å². The zero-order chi connectivity index (χ0) is 91.8. The minimum Gasteiger partial charge on any atom is -0.359 e. The lowest BCUT2D eigenvalue weighted by Gasteiger charge is -2.22. The van der Waals surface area contributed by atoms with Gasteiger partial charge in [-0.1, -0.05) is 95.9 Å². The quantitative estimate of drug-likeness (QED) is 0.0309. The molecule has 6 N–H and O–H groups in total. The topological polar surface area (TPSA) is 413 Å². The number of amides is 6. The SMILES string of the molecule is CCC(=O)CN(CC(=O)CC)CC(=O)CCC(=O)NC(C)C.CCC(=O)CN(CC(=O)CC)CC(=O)CCCCC(=O)NC(C)C.CCC(=O)CN(CC(=O)CC)CC(=O)CCCCCCC(=O)NC(C)C.CCC(=O)CN(CC(=O)CC)CC(=O)CCCCNC(C)C.CNC(=O)CCN(CCC(=O)NC)C(=O)CCCCC(=O)CC(C)C. The molecule has 30 heteroatoms. The fourth-order valence-corrected chi connectivity index (χ4v) is 11.1. The van der Waals surface area contributed by atoms with Crippen molar-refractivity contribution in [2.45, 2.75) is 341 Å². The molecule has 6 amide bonds. The number of nitrogens with zero attached hydrogens (tertiary/aromatic N) is 5. The molecule has 0 aliphatic heterocycles. The van der Waals surface area contributed by atoms with Crippen LogP contribution < -0.4 is 31.9 Å². The van der Waals surface area contributed by atoms with Crippen molar-refractivity contribution in [2.24, 2.45) is 5.92 Å². The van der Waals surface area contributed by atoms with Crippen LogP contribution in [0.25, 0.3) is 0 Å². The summed E-state index contributed by atoms with van der Waals surface area (Å²) >= 11 is 0. The summed E-state index contributed by atoms with van der Waals surface area (Å²) in [5, 5.41) is 16.8. The van der Waals surface area contributed by atoms with E-state index >= 15 is 0 Å². The third kappa shape index (κ3) is 81.1. The van der Waals surface area contributed by atoms with Gasteiger partial charge < -0.3 is 36.8 Å². The lowest BCUT2D eigenvalue weighted by atomic mass is 10.0. The van der Waals surface area contributed by atoms with Crippen LogP contribution in [0, 0.1) is 5.92 Å². The Balaban J connectivity index is -0.000000456. The predicted octanol–water partition coefficient (Wildman–Crippen LogP) is 8.95. The Hall–Kier alpha value is -7.67. The molecule has 0 aliphatic carbocycles. The Kier molecular flexibility index (Phi) is 78.2. The van der Waals surface area contributed by atoms with Gasteiger partial charge in [0.05, 0.1) is 78.5 Å². The van der Waals surface area contributed by atoms with Gasteiger partial charge in [0.1, 0.15) is 75.2 Å². The smallest absolute Gasteiger partial charge is 0.222 e. The molecular weight excluding hydrogens is 1530 g/mol. The van der Waals surface area contributed by atoms with Crippen LogP contribution in [-0.2, 0) is 91.1 Å². The van der Waals surface area contributed by atoms with Crippen molar-refractivity contribution in [2.75, 3.05) is 112 Å². The van der Waals surface area contributed by atoms with E-state index in [4.69, 9.17) is 0 Å². The monoisotopic (exact) mass is 1690 g/mol. The summed E-state index contributed by atoms with van der Waals surface area (Å²) in [6.07, 6.45) is 15.5. The van der Waals surface area contributed by atoms with E-state index in [-0.39, 0.29) is 233 Å². The molecular formula is C89H161N11O19. The van der Waals surface area contributed by atoms with Crippen LogP contribution in [0.3, 0.4) is 0 Å². The molecule has 0 aromatic carbocycles. The van der Waals surface area contributed by atoms with Gasteiger partial charge >= 0.3 is 0 Å². The summed E-state index contributed by atoms with van der Waals surface area (Å²) < 4.78 is 0. The van der Waals surface area contributed by atoms with Gasteiger partial charge in [0.2, 0.25) is 35.4 Å². The molecule has 0 spiro atoms. The largest absolute Gasteiger partial charge is 0.359 e. The Morgan fingerprint density at radius 3 is 0.739 bits per heavy atom. The van der Waals surface area contributed by atoms with E-state index in [2.05, 4.69) is 45.7 Å². The highest BCUT2D eigenvalue weighted by molar-refractivity contribution is 5.91. The number of carbonyl (C=O) groups excluding carboxylic acids is 19. The van der Waals surface area contributed by atoms with E-state index in [1.165, 1.54) is 0 Å². The second-order valence-corrected chi connectivity index (χ2v) is 31.8. The first-order valence-corrected chi connectivity index (χ1v) is 43.9. The Morgan fingerprint density at radius 2 is 0.471 bits per heavy atom. The van der Waals surface area contributed by atoms with Crippen LogP contribution in [-0.4, -0.2) is 272 Å². The van der Waals surface area contributed by atoms with Gasteiger partial charge in [-0.05, 0) is 105 Å². The second kappa shape index (κ2) is 77.6. The first kappa shape index (κ1) is 120. The molecule has 0 bridgehead atoms. The highest BCUT2D eigenvalue weighted by Gasteiger charge is 2.23. The van der Waals surface area contributed by atoms with E-state index in [1.54, 1.807) is 94.0 Å². The molecule has 30 nitrogen and oxygen atoms in total. The molecule has 0 saturated carbocycles. The van der Waals surface area contributed by atoms with E-state index in [0.29, 0.717) is 153 Å². The molecule has 0 unspecified atom stereocenters. The molecule has 119 heavy (non-hydrogen) atoms. The summed E-state index contributed by atoms with van der Waals surface area (Å²) in [4.78, 5) is 230. The van der Waals surface area contributed by atoms with E-state index in [0.717, 1.165) is 45.1 Å². The molecule has 0 saturated heterocycles. The number of Topliss-reactive ketones (excluding diaryl/α,β-unsaturated/α-hetero) is 13. The van der Waals surface area contributed by atoms with E-state index < -0.39 is 0 Å². The highest BCUT2D eigenvalue weighted by Crippen LogP contribution is 2.12. The van der Waals surface area contributed by atoms with Crippen LogP contribution >= 0.6 is 0 Å². The zero-order valence-electron chi connectivity index (χ0n) is 77.2.